The second kappa shape index (κ2) is 2.97. The van der Waals surface area contributed by atoms with Gasteiger partial charge >= 0.3 is 0 Å². The maximum Gasteiger partial charge on any atom is 0.153 e. The molecule has 2 rings (SSSR count). The molecule has 0 aromatic heterocycles. The molecule has 1 heterocycles. The van der Waals surface area contributed by atoms with Gasteiger partial charge in [0.15, 0.2) is 9.84 Å². The van der Waals surface area contributed by atoms with Crippen LogP contribution in [0.2, 0.25) is 0 Å². The Labute approximate surface area is 80.6 Å². The molecule has 76 valence electrons. The van der Waals surface area contributed by atoms with Gasteiger partial charge in [-0.1, -0.05) is 13.8 Å². The molecule has 0 bridgehead atoms. The van der Waals surface area contributed by atoms with Crippen LogP contribution in [0, 0.1) is 17.8 Å². The molecule has 2 nitrogen and oxygen atoms in total. The lowest BCUT2D eigenvalue weighted by molar-refractivity contribution is 0.384. The summed E-state index contributed by atoms with van der Waals surface area (Å²) in [5.41, 5.74) is 0. The largest absolute Gasteiger partial charge is 0.229 e. The average molecular weight is 202 g/mol. The second-order valence-electron chi connectivity index (χ2n) is 4.87. The molecule has 3 atom stereocenters. The number of sulfone groups is 1. The topological polar surface area (TPSA) is 34.1 Å². The van der Waals surface area contributed by atoms with Gasteiger partial charge in [-0.3, -0.25) is 0 Å². The van der Waals surface area contributed by atoms with Gasteiger partial charge in [0.25, 0.3) is 0 Å². The van der Waals surface area contributed by atoms with Gasteiger partial charge in [0.2, 0.25) is 0 Å². The highest BCUT2D eigenvalue weighted by molar-refractivity contribution is 7.92. The Morgan fingerprint density at radius 2 is 1.85 bits per heavy atom. The standard InChI is InChI=1S/C10H18O2S/c1-7(2)9-4-3-8-5-6-13(11,12)10(8)9/h7-10H,3-6H2,1-2H3. The Morgan fingerprint density at radius 3 is 2.46 bits per heavy atom. The number of hydrogen-bond donors (Lipinski definition) is 0. The zero-order chi connectivity index (χ0) is 9.64. The predicted molar refractivity (Wildman–Crippen MR) is 53.2 cm³/mol. The molecule has 0 N–H and O–H groups in total. The Morgan fingerprint density at radius 1 is 1.15 bits per heavy atom. The fraction of sp³-hybridized carbons (Fsp3) is 1.00. The highest BCUT2D eigenvalue weighted by Crippen LogP contribution is 2.46. The third kappa shape index (κ3) is 1.41. The Balaban J connectivity index is 2.28. The maximum absolute atomic E-state index is 11.8. The molecular weight excluding hydrogens is 184 g/mol. The molecule has 0 aromatic rings. The van der Waals surface area contributed by atoms with Crippen molar-refractivity contribution in [3.63, 3.8) is 0 Å². The third-order valence-electron chi connectivity index (χ3n) is 3.80. The van der Waals surface area contributed by atoms with E-state index in [1.165, 1.54) is 0 Å². The molecular formula is C10H18O2S. The molecule has 0 spiro atoms. The maximum atomic E-state index is 11.8. The van der Waals surface area contributed by atoms with Crippen molar-refractivity contribution < 1.29 is 8.42 Å². The molecule has 1 aliphatic carbocycles. The second-order valence-corrected chi connectivity index (χ2v) is 7.14. The fourth-order valence-electron chi connectivity index (χ4n) is 3.12. The first-order valence-electron chi connectivity index (χ1n) is 5.24. The van der Waals surface area contributed by atoms with Crippen molar-refractivity contribution in [2.75, 3.05) is 5.75 Å². The first-order valence-corrected chi connectivity index (χ1v) is 6.95. The zero-order valence-corrected chi connectivity index (χ0v) is 9.18. The predicted octanol–water partition coefficient (Wildman–Crippen LogP) is 1.86. The Hall–Kier alpha value is -0.0500. The van der Waals surface area contributed by atoms with E-state index in [2.05, 4.69) is 13.8 Å². The van der Waals surface area contributed by atoms with Crippen molar-refractivity contribution in [1.82, 2.24) is 0 Å². The molecule has 0 amide bonds. The van der Waals surface area contributed by atoms with Gasteiger partial charge in [-0.25, -0.2) is 8.42 Å². The first-order chi connectivity index (χ1) is 6.02. The van der Waals surface area contributed by atoms with Crippen LogP contribution in [0.3, 0.4) is 0 Å². The number of rotatable bonds is 1. The van der Waals surface area contributed by atoms with Gasteiger partial charge < -0.3 is 0 Å². The van der Waals surface area contributed by atoms with E-state index in [1.807, 2.05) is 0 Å². The van der Waals surface area contributed by atoms with E-state index < -0.39 is 9.84 Å². The Kier molecular flexibility index (Phi) is 2.17. The molecule has 13 heavy (non-hydrogen) atoms. The fourth-order valence-corrected chi connectivity index (χ4v) is 5.86. The summed E-state index contributed by atoms with van der Waals surface area (Å²) in [6, 6.07) is 0. The van der Waals surface area contributed by atoms with E-state index in [0.29, 0.717) is 23.5 Å². The van der Waals surface area contributed by atoms with Crippen molar-refractivity contribution in [3.05, 3.63) is 0 Å². The Bertz CT molecular complexity index is 292. The van der Waals surface area contributed by atoms with E-state index in [1.54, 1.807) is 0 Å². The van der Waals surface area contributed by atoms with E-state index in [4.69, 9.17) is 0 Å². The minimum absolute atomic E-state index is 0.0208. The van der Waals surface area contributed by atoms with Crippen molar-refractivity contribution in [2.24, 2.45) is 17.8 Å². The molecule has 1 aliphatic heterocycles. The highest BCUT2D eigenvalue weighted by atomic mass is 32.2. The summed E-state index contributed by atoms with van der Waals surface area (Å²) in [7, 11) is -2.72. The van der Waals surface area contributed by atoms with Crippen LogP contribution < -0.4 is 0 Å². The molecule has 0 radical (unpaired) electrons. The molecule has 3 unspecified atom stereocenters. The van der Waals surface area contributed by atoms with Gasteiger partial charge in [0.1, 0.15) is 0 Å². The van der Waals surface area contributed by atoms with Crippen LogP contribution in [0.15, 0.2) is 0 Å². The van der Waals surface area contributed by atoms with Gasteiger partial charge in [-0.2, -0.15) is 0 Å². The van der Waals surface area contributed by atoms with Gasteiger partial charge in [0.05, 0.1) is 11.0 Å². The summed E-state index contributed by atoms with van der Waals surface area (Å²) in [5.74, 6) is 1.92. The summed E-state index contributed by atoms with van der Waals surface area (Å²) in [6.45, 7) is 4.31. The van der Waals surface area contributed by atoms with Crippen LogP contribution in [0.5, 0.6) is 0 Å². The quantitative estimate of drug-likeness (QED) is 0.650. The minimum Gasteiger partial charge on any atom is -0.229 e. The minimum atomic E-state index is -2.72. The van der Waals surface area contributed by atoms with Crippen LogP contribution >= 0.6 is 0 Å². The van der Waals surface area contributed by atoms with E-state index >= 15 is 0 Å². The summed E-state index contributed by atoms with van der Waals surface area (Å²) in [5, 5.41) is 0.0208. The van der Waals surface area contributed by atoms with Crippen molar-refractivity contribution in [1.29, 1.82) is 0 Å². The molecule has 2 aliphatic rings. The molecule has 1 saturated heterocycles. The molecule has 1 saturated carbocycles. The van der Waals surface area contributed by atoms with Gasteiger partial charge in [-0.15, -0.1) is 0 Å². The van der Waals surface area contributed by atoms with Crippen LogP contribution in [-0.2, 0) is 9.84 Å². The van der Waals surface area contributed by atoms with Crippen LogP contribution in [0.25, 0.3) is 0 Å². The lowest BCUT2D eigenvalue weighted by atomic mass is 9.92. The zero-order valence-electron chi connectivity index (χ0n) is 8.36. The number of fused-ring (bicyclic) bond motifs is 1. The van der Waals surface area contributed by atoms with Crippen LogP contribution in [0.4, 0.5) is 0 Å². The van der Waals surface area contributed by atoms with E-state index in [-0.39, 0.29) is 5.25 Å². The summed E-state index contributed by atoms with van der Waals surface area (Å²) < 4.78 is 23.5. The molecule has 2 fully saturated rings. The van der Waals surface area contributed by atoms with Gasteiger partial charge in [0, 0.05) is 0 Å². The van der Waals surface area contributed by atoms with E-state index in [9.17, 15) is 8.42 Å². The number of hydrogen-bond acceptors (Lipinski definition) is 2. The first kappa shape index (κ1) is 9.50. The van der Waals surface area contributed by atoms with Gasteiger partial charge in [-0.05, 0) is 37.0 Å². The smallest absolute Gasteiger partial charge is 0.153 e. The van der Waals surface area contributed by atoms with E-state index in [0.717, 1.165) is 19.3 Å². The van der Waals surface area contributed by atoms with Crippen molar-refractivity contribution in [2.45, 2.75) is 38.4 Å². The third-order valence-corrected chi connectivity index (χ3v) is 6.17. The molecule has 0 aromatic carbocycles. The summed E-state index contributed by atoms with van der Waals surface area (Å²) in [4.78, 5) is 0. The van der Waals surface area contributed by atoms with Crippen molar-refractivity contribution in [3.8, 4) is 0 Å². The SMILES string of the molecule is CC(C)C1CCC2CCS(=O)(=O)C21. The highest BCUT2D eigenvalue weighted by Gasteiger charge is 2.49. The van der Waals surface area contributed by atoms with Crippen molar-refractivity contribution >= 4 is 9.84 Å². The molecule has 3 heteroatoms. The van der Waals surface area contributed by atoms with Crippen LogP contribution in [-0.4, -0.2) is 19.4 Å². The van der Waals surface area contributed by atoms with Crippen LogP contribution in [0.1, 0.15) is 33.1 Å². The monoisotopic (exact) mass is 202 g/mol. The lowest BCUT2D eigenvalue weighted by Gasteiger charge is -2.21. The summed E-state index contributed by atoms with van der Waals surface area (Å²) >= 11 is 0. The lowest BCUT2D eigenvalue weighted by Crippen LogP contribution is -2.28. The normalized spacial score (nSPS) is 42.5. The average Bonchev–Trinajstić information content (AvgIpc) is 2.53. The summed E-state index contributed by atoms with van der Waals surface area (Å²) in [6.07, 6.45) is 3.20.